The number of carbonyl (C=O) groups is 2. The third kappa shape index (κ3) is 4.35. The van der Waals surface area contributed by atoms with Crippen molar-refractivity contribution in [1.29, 1.82) is 0 Å². The van der Waals surface area contributed by atoms with Crippen LogP contribution in [0.1, 0.15) is 31.2 Å². The lowest BCUT2D eigenvalue weighted by Gasteiger charge is -2.31. The molecule has 1 aliphatic heterocycles. The number of piperazine rings is 1. The molecule has 8 nitrogen and oxygen atoms in total. The Bertz CT molecular complexity index is 1050. The van der Waals surface area contributed by atoms with E-state index in [9.17, 15) is 18.0 Å². The Kier molecular flexibility index (Phi) is 6.08. The quantitative estimate of drug-likeness (QED) is 0.740. The second kappa shape index (κ2) is 8.23. The van der Waals surface area contributed by atoms with Crippen molar-refractivity contribution in [3.63, 3.8) is 0 Å². The van der Waals surface area contributed by atoms with Gasteiger partial charge in [-0.05, 0) is 44.7 Å². The molecule has 2 amide bonds. The summed E-state index contributed by atoms with van der Waals surface area (Å²) in [5.41, 5.74) is 6.64. The molecule has 1 aromatic heterocycles. The number of aryl methyl sites for hydroxylation is 1. The highest BCUT2D eigenvalue weighted by Crippen LogP contribution is 2.32. The second-order valence-electron chi connectivity index (χ2n) is 7.04. The van der Waals surface area contributed by atoms with E-state index < -0.39 is 21.8 Å². The first-order chi connectivity index (χ1) is 13.6. The Morgan fingerprint density at radius 1 is 1.14 bits per heavy atom. The van der Waals surface area contributed by atoms with E-state index >= 15 is 0 Å². The van der Waals surface area contributed by atoms with E-state index in [1.54, 1.807) is 6.92 Å². The van der Waals surface area contributed by atoms with E-state index in [1.807, 2.05) is 14.0 Å². The number of anilines is 1. The number of hydrogen-bond acceptors (Lipinski definition) is 6. The molecule has 1 aliphatic rings. The zero-order valence-corrected chi connectivity index (χ0v) is 18.2. The lowest BCUT2D eigenvalue weighted by molar-refractivity contribution is 0.100. The van der Waals surface area contributed by atoms with E-state index in [-0.39, 0.29) is 16.0 Å². The first-order valence-corrected chi connectivity index (χ1v) is 11.4. The first kappa shape index (κ1) is 21.4. The number of nitrogens with zero attached hydrogens (tertiary/aromatic N) is 2. The van der Waals surface area contributed by atoms with Crippen LogP contribution in [0.15, 0.2) is 29.2 Å². The number of nitrogens with one attached hydrogen (secondary N) is 1. The molecule has 3 rings (SSSR count). The van der Waals surface area contributed by atoms with Gasteiger partial charge >= 0.3 is 0 Å². The molecule has 0 aliphatic carbocycles. The summed E-state index contributed by atoms with van der Waals surface area (Å²) in [6, 6.07) is 5.92. The number of primary amides is 1. The molecule has 0 bridgehead atoms. The van der Waals surface area contributed by atoms with E-state index in [0.717, 1.165) is 10.4 Å². The van der Waals surface area contributed by atoms with Crippen LogP contribution in [0.5, 0.6) is 0 Å². The molecule has 0 saturated carbocycles. The Hall–Kier alpha value is -2.27. The number of sulfonamides is 1. The highest BCUT2D eigenvalue weighted by Gasteiger charge is 2.28. The molecule has 29 heavy (non-hydrogen) atoms. The normalized spacial score (nSPS) is 16.0. The van der Waals surface area contributed by atoms with Crippen molar-refractivity contribution in [3.05, 3.63) is 45.8 Å². The van der Waals surface area contributed by atoms with Gasteiger partial charge in [0.05, 0.1) is 10.5 Å². The third-order valence-corrected chi connectivity index (χ3v) is 8.07. The molecule has 2 heterocycles. The molecule has 3 N–H and O–H groups in total. The van der Waals surface area contributed by atoms with Crippen LogP contribution in [0.2, 0.25) is 0 Å². The van der Waals surface area contributed by atoms with Crippen LogP contribution in [0, 0.1) is 13.8 Å². The van der Waals surface area contributed by atoms with Crippen LogP contribution < -0.4 is 11.1 Å². The van der Waals surface area contributed by atoms with Crippen molar-refractivity contribution in [2.45, 2.75) is 18.7 Å². The number of hydrogen-bond donors (Lipinski definition) is 2. The fourth-order valence-corrected chi connectivity index (χ4v) is 5.69. The van der Waals surface area contributed by atoms with Crippen molar-refractivity contribution in [1.82, 2.24) is 9.21 Å². The molecule has 0 atom stereocenters. The zero-order valence-electron chi connectivity index (χ0n) is 16.6. The molecular formula is C19H24N4O4S2. The first-order valence-electron chi connectivity index (χ1n) is 9.11. The van der Waals surface area contributed by atoms with Crippen LogP contribution in [-0.2, 0) is 10.0 Å². The van der Waals surface area contributed by atoms with Crippen LogP contribution in [0.25, 0.3) is 0 Å². The van der Waals surface area contributed by atoms with E-state index in [2.05, 4.69) is 10.2 Å². The molecule has 0 spiro atoms. The standard InChI is InChI=1S/C19H24N4O4S2/c1-12-13(2)28-19(16(12)17(20)24)21-18(25)14-5-4-6-15(11-14)29(26,27)23-9-7-22(3)8-10-23/h4-6,11H,7-10H2,1-3H3,(H2,20,24)(H,21,25). The SMILES string of the molecule is Cc1sc(NC(=O)c2cccc(S(=O)(=O)N3CCN(C)CC3)c2)c(C(N)=O)c1C. The number of amides is 2. The number of nitrogens with two attached hydrogens (primary N) is 1. The Morgan fingerprint density at radius 3 is 2.41 bits per heavy atom. The molecule has 1 aromatic carbocycles. The van der Waals surface area contributed by atoms with Crippen molar-refractivity contribution in [2.75, 3.05) is 38.5 Å². The largest absolute Gasteiger partial charge is 0.365 e. The zero-order chi connectivity index (χ0) is 21.3. The maximum atomic E-state index is 12.9. The summed E-state index contributed by atoms with van der Waals surface area (Å²) in [5.74, 6) is -1.11. The summed E-state index contributed by atoms with van der Waals surface area (Å²) < 4.78 is 27.3. The molecule has 0 unspecified atom stereocenters. The topological polar surface area (TPSA) is 113 Å². The summed E-state index contributed by atoms with van der Waals surface area (Å²) in [6.07, 6.45) is 0. The molecule has 1 fully saturated rings. The van der Waals surface area contributed by atoms with Gasteiger partial charge in [0.15, 0.2) is 0 Å². The van der Waals surface area contributed by atoms with Crippen LogP contribution in [-0.4, -0.2) is 62.7 Å². The molecule has 2 aromatic rings. The average Bonchev–Trinajstić information content (AvgIpc) is 2.95. The van der Waals surface area contributed by atoms with Crippen molar-refractivity contribution >= 4 is 38.2 Å². The lowest BCUT2D eigenvalue weighted by atomic mass is 10.1. The summed E-state index contributed by atoms with van der Waals surface area (Å²) >= 11 is 1.26. The Morgan fingerprint density at radius 2 is 1.79 bits per heavy atom. The fraction of sp³-hybridized carbons (Fsp3) is 0.368. The van der Waals surface area contributed by atoms with Crippen LogP contribution in [0.4, 0.5) is 5.00 Å². The fourth-order valence-electron chi connectivity index (χ4n) is 3.16. The minimum absolute atomic E-state index is 0.0726. The summed E-state index contributed by atoms with van der Waals surface area (Å²) in [7, 11) is -1.74. The Labute approximate surface area is 174 Å². The van der Waals surface area contributed by atoms with E-state index in [4.69, 9.17) is 5.73 Å². The Balaban J connectivity index is 1.85. The van der Waals surface area contributed by atoms with Gasteiger partial charge in [-0.1, -0.05) is 6.07 Å². The maximum absolute atomic E-state index is 12.9. The predicted octanol–water partition coefficient (Wildman–Crippen LogP) is 1.65. The molecule has 1 saturated heterocycles. The van der Waals surface area contributed by atoms with E-state index in [0.29, 0.717) is 31.2 Å². The second-order valence-corrected chi connectivity index (χ2v) is 10.2. The summed E-state index contributed by atoms with van der Waals surface area (Å²) in [6.45, 7) is 5.74. The smallest absolute Gasteiger partial charge is 0.256 e. The van der Waals surface area contributed by atoms with Gasteiger partial charge in [0, 0.05) is 36.6 Å². The molecule has 156 valence electrons. The van der Waals surface area contributed by atoms with Gasteiger partial charge in [0.25, 0.3) is 11.8 Å². The molecule has 10 heteroatoms. The lowest BCUT2D eigenvalue weighted by Crippen LogP contribution is -2.47. The predicted molar refractivity (Wildman–Crippen MR) is 113 cm³/mol. The molecule has 0 radical (unpaired) electrons. The van der Waals surface area contributed by atoms with Gasteiger partial charge in [-0.25, -0.2) is 8.42 Å². The molecular weight excluding hydrogens is 412 g/mol. The number of rotatable bonds is 5. The van der Waals surface area contributed by atoms with E-state index in [1.165, 1.54) is 39.9 Å². The van der Waals surface area contributed by atoms with Crippen molar-refractivity contribution in [3.8, 4) is 0 Å². The number of carbonyl (C=O) groups excluding carboxylic acids is 2. The van der Waals surface area contributed by atoms with Gasteiger partial charge in [0.1, 0.15) is 5.00 Å². The van der Waals surface area contributed by atoms with Gasteiger partial charge in [-0.2, -0.15) is 4.31 Å². The maximum Gasteiger partial charge on any atom is 0.256 e. The number of benzene rings is 1. The van der Waals surface area contributed by atoms with Gasteiger partial charge in [-0.15, -0.1) is 11.3 Å². The van der Waals surface area contributed by atoms with Crippen molar-refractivity contribution < 1.29 is 18.0 Å². The minimum atomic E-state index is -3.68. The minimum Gasteiger partial charge on any atom is -0.365 e. The highest BCUT2D eigenvalue weighted by molar-refractivity contribution is 7.89. The third-order valence-electron chi connectivity index (χ3n) is 5.06. The summed E-state index contributed by atoms with van der Waals surface area (Å²) in [4.78, 5) is 27.5. The number of thiophene rings is 1. The summed E-state index contributed by atoms with van der Waals surface area (Å²) in [5, 5.41) is 3.06. The van der Waals surface area contributed by atoms with Crippen LogP contribution >= 0.6 is 11.3 Å². The van der Waals surface area contributed by atoms with Gasteiger partial charge in [-0.3, -0.25) is 9.59 Å². The van der Waals surface area contributed by atoms with Crippen molar-refractivity contribution in [2.24, 2.45) is 5.73 Å². The van der Waals surface area contributed by atoms with Gasteiger partial charge in [0.2, 0.25) is 10.0 Å². The van der Waals surface area contributed by atoms with Gasteiger partial charge < -0.3 is 16.0 Å². The average molecular weight is 437 g/mol. The number of likely N-dealkylation sites (N-methyl/N-ethyl adjacent to an activating group) is 1. The monoisotopic (exact) mass is 436 g/mol. The highest BCUT2D eigenvalue weighted by atomic mass is 32.2. The van der Waals surface area contributed by atoms with Crippen LogP contribution in [0.3, 0.4) is 0 Å².